The lowest BCUT2D eigenvalue weighted by molar-refractivity contribution is -0.141. The Hall–Kier alpha value is -2.44. The highest BCUT2D eigenvalue weighted by Crippen LogP contribution is 2.29. The molecule has 0 aliphatic carbocycles. The molecule has 0 aliphatic heterocycles. The highest BCUT2D eigenvalue weighted by molar-refractivity contribution is 6.42. The van der Waals surface area contributed by atoms with Crippen LogP contribution >= 0.6 is 23.2 Å². The zero-order valence-corrected chi connectivity index (χ0v) is 22.7. The van der Waals surface area contributed by atoms with E-state index in [0.717, 1.165) is 11.1 Å². The molecule has 0 saturated carbocycles. The van der Waals surface area contributed by atoms with Gasteiger partial charge in [-0.1, -0.05) is 42.3 Å². The van der Waals surface area contributed by atoms with E-state index >= 15 is 0 Å². The predicted molar refractivity (Wildman–Crippen MR) is 141 cm³/mol. The molecule has 192 valence electrons. The molecular formula is C27H36Cl2N2O4. The molecule has 2 rings (SSSR count). The second-order valence-corrected chi connectivity index (χ2v) is 9.32. The average molecular weight is 524 g/mol. The first-order valence-corrected chi connectivity index (χ1v) is 12.9. The third-order valence-corrected chi connectivity index (χ3v) is 6.13. The Kier molecular flexibility index (Phi) is 11.7. The fourth-order valence-corrected chi connectivity index (χ4v) is 4.10. The smallest absolute Gasteiger partial charge is 0.243 e. The number of halogens is 2. The van der Waals surface area contributed by atoms with Gasteiger partial charge >= 0.3 is 0 Å². The van der Waals surface area contributed by atoms with Crippen molar-refractivity contribution >= 4 is 35.0 Å². The van der Waals surface area contributed by atoms with E-state index in [0.29, 0.717) is 47.6 Å². The molecule has 2 amide bonds. The van der Waals surface area contributed by atoms with Gasteiger partial charge in [0.15, 0.2) is 11.5 Å². The minimum Gasteiger partial charge on any atom is -0.490 e. The number of nitrogens with zero attached hydrogens (tertiary/aromatic N) is 1. The molecule has 0 aliphatic rings. The molecule has 8 heteroatoms. The summed E-state index contributed by atoms with van der Waals surface area (Å²) < 4.78 is 11.3. The topological polar surface area (TPSA) is 67.9 Å². The second kappa shape index (κ2) is 14.2. The van der Waals surface area contributed by atoms with Crippen LogP contribution in [0.2, 0.25) is 10.0 Å². The zero-order chi connectivity index (χ0) is 26.0. The van der Waals surface area contributed by atoms with Crippen molar-refractivity contribution in [2.24, 2.45) is 0 Å². The van der Waals surface area contributed by atoms with Gasteiger partial charge < -0.3 is 19.7 Å². The van der Waals surface area contributed by atoms with Crippen molar-refractivity contribution in [1.82, 2.24) is 10.2 Å². The molecule has 0 radical (unpaired) electrons. The Morgan fingerprint density at radius 1 is 0.914 bits per heavy atom. The fraction of sp³-hybridized carbons (Fsp3) is 0.481. The fourth-order valence-electron chi connectivity index (χ4n) is 3.78. The first-order chi connectivity index (χ1) is 16.7. The van der Waals surface area contributed by atoms with E-state index in [2.05, 4.69) is 5.32 Å². The average Bonchev–Trinajstić information content (AvgIpc) is 2.81. The van der Waals surface area contributed by atoms with Crippen molar-refractivity contribution in [3.8, 4) is 11.5 Å². The SMILES string of the molecule is CCOc1ccc(CCC(=O)N(Cc2ccc(Cl)c(Cl)c2)[C@H](CC)C(=O)NC(C)C)cc1OCC. The quantitative estimate of drug-likeness (QED) is 0.347. The number of rotatable bonds is 13. The number of ether oxygens (including phenoxy) is 2. The number of carbonyl (C=O) groups is 2. The van der Waals surface area contributed by atoms with Crippen molar-refractivity contribution in [2.75, 3.05) is 13.2 Å². The molecule has 0 aromatic heterocycles. The molecule has 0 unspecified atom stereocenters. The summed E-state index contributed by atoms with van der Waals surface area (Å²) in [5.41, 5.74) is 1.77. The van der Waals surface area contributed by atoms with Gasteiger partial charge in [0.05, 0.1) is 23.3 Å². The number of aryl methyl sites for hydroxylation is 1. The summed E-state index contributed by atoms with van der Waals surface area (Å²) in [5, 5.41) is 3.79. The summed E-state index contributed by atoms with van der Waals surface area (Å²) >= 11 is 12.3. The molecule has 0 fully saturated rings. The molecule has 1 atom stereocenters. The van der Waals surface area contributed by atoms with Gasteiger partial charge in [0.25, 0.3) is 0 Å². The molecule has 2 aromatic rings. The van der Waals surface area contributed by atoms with E-state index in [1.165, 1.54) is 0 Å². The van der Waals surface area contributed by atoms with Crippen LogP contribution in [0.3, 0.4) is 0 Å². The van der Waals surface area contributed by atoms with Gasteiger partial charge in [0, 0.05) is 19.0 Å². The van der Waals surface area contributed by atoms with Crippen LogP contribution in [0.5, 0.6) is 11.5 Å². The first-order valence-electron chi connectivity index (χ1n) is 12.1. The molecule has 2 aromatic carbocycles. The van der Waals surface area contributed by atoms with Crippen LogP contribution in [0.4, 0.5) is 0 Å². The van der Waals surface area contributed by atoms with E-state index in [9.17, 15) is 9.59 Å². The van der Waals surface area contributed by atoms with Crippen LogP contribution in [-0.2, 0) is 22.6 Å². The highest BCUT2D eigenvalue weighted by Gasteiger charge is 2.29. The molecule has 1 N–H and O–H groups in total. The maximum atomic E-state index is 13.5. The summed E-state index contributed by atoms with van der Waals surface area (Å²) in [5.74, 6) is 1.06. The van der Waals surface area contributed by atoms with Crippen LogP contribution in [0.1, 0.15) is 58.6 Å². The Labute approximate surface area is 218 Å². The van der Waals surface area contributed by atoms with Gasteiger partial charge in [0.2, 0.25) is 11.8 Å². The van der Waals surface area contributed by atoms with Gasteiger partial charge in [-0.25, -0.2) is 0 Å². The molecule has 6 nitrogen and oxygen atoms in total. The first kappa shape index (κ1) is 28.8. The van der Waals surface area contributed by atoms with Crippen molar-refractivity contribution < 1.29 is 19.1 Å². The van der Waals surface area contributed by atoms with Crippen LogP contribution in [-0.4, -0.2) is 42.0 Å². The van der Waals surface area contributed by atoms with E-state index in [4.69, 9.17) is 32.7 Å². The van der Waals surface area contributed by atoms with Gasteiger partial charge in [-0.15, -0.1) is 0 Å². The third-order valence-electron chi connectivity index (χ3n) is 5.39. The van der Waals surface area contributed by atoms with Crippen LogP contribution in [0, 0.1) is 0 Å². The summed E-state index contributed by atoms with van der Waals surface area (Å²) in [4.78, 5) is 28.1. The lowest BCUT2D eigenvalue weighted by atomic mass is 10.1. The highest BCUT2D eigenvalue weighted by atomic mass is 35.5. The third kappa shape index (κ3) is 8.62. The van der Waals surface area contributed by atoms with E-state index in [1.54, 1.807) is 17.0 Å². The Balaban J connectivity index is 2.26. The van der Waals surface area contributed by atoms with Crippen molar-refractivity contribution in [3.05, 3.63) is 57.6 Å². The lowest BCUT2D eigenvalue weighted by Gasteiger charge is -2.31. The second-order valence-electron chi connectivity index (χ2n) is 8.50. The summed E-state index contributed by atoms with van der Waals surface area (Å²) in [7, 11) is 0. The number of hydrogen-bond donors (Lipinski definition) is 1. The van der Waals surface area contributed by atoms with E-state index in [-0.39, 0.29) is 30.8 Å². The Morgan fingerprint density at radius 3 is 2.17 bits per heavy atom. The Bertz CT molecular complexity index is 997. The number of amides is 2. The Morgan fingerprint density at radius 2 is 1.57 bits per heavy atom. The number of hydrogen-bond acceptors (Lipinski definition) is 4. The maximum Gasteiger partial charge on any atom is 0.243 e. The normalized spacial score (nSPS) is 11.8. The van der Waals surface area contributed by atoms with Crippen LogP contribution in [0.15, 0.2) is 36.4 Å². The van der Waals surface area contributed by atoms with Crippen molar-refractivity contribution in [2.45, 2.75) is 72.5 Å². The lowest BCUT2D eigenvalue weighted by Crippen LogP contribution is -2.50. The monoisotopic (exact) mass is 522 g/mol. The maximum absolute atomic E-state index is 13.5. The largest absolute Gasteiger partial charge is 0.490 e. The minimum atomic E-state index is -0.598. The molecule has 0 heterocycles. The molecule has 0 bridgehead atoms. The van der Waals surface area contributed by atoms with E-state index < -0.39 is 6.04 Å². The number of nitrogens with one attached hydrogen (secondary N) is 1. The van der Waals surface area contributed by atoms with Gasteiger partial charge in [-0.3, -0.25) is 9.59 Å². The molecule has 35 heavy (non-hydrogen) atoms. The van der Waals surface area contributed by atoms with Gasteiger partial charge in [-0.05, 0) is 75.9 Å². The standard InChI is InChI=1S/C27H36Cl2N2O4/c1-6-23(27(33)30-18(4)5)31(17-20-9-12-21(28)22(29)15-20)26(32)14-11-19-10-13-24(34-7-2)25(16-19)35-8-3/h9-10,12-13,15-16,18,23H,6-8,11,14,17H2,1-5H3,(H,30,33)/t23-/m1/s1. The number of benzene rings is 2. The van der Waals surface area contributed by atoms with Crippen LogP contribution in [0.25, 0.3) is 0 Å². The molecule has 0 saturated heterocycles. The van der Waals surface area contributed by atoms with Gasteiger partial charge in [0.1, 0.15) is 6.04 Å². The van der Waals surface area contributed by atoms with Gasteiger partial charge in [-0.2, -0.15) is 0 Å². The number of carbonyl (C=O) groups excluding carboxylic acids is 2. The zero-order valence-electron chi connectivity index (χ0n) is 21.2. The van der Waals surface area contributed by atoms with Crippen molar-refractivity contribution in [3.63, 3.8) is 0 Å². The summed E-state index contributed by atoms with van der Waals surface area (Å²) in [6.07, 6.45) is 1.24. The van der Waals surface area contributed by atoms with E-state index in [1.807, 2.05) is 58.9 Å². The summed E-state index contributed by atoms with van der Waals surface area (Å²) in [6, 6.07) is 10.3. The molecule has 0 spiro atoms. The predicted octanol–water partition coefficient (Wildman–Crippen LogP) is 6.06. The van der Waals surface area contributed by atoms with Crippen molar-refractivity contribution in [1.29, 1.82) is 0 Å². The molecular weight excluding hydrogens is 487 g/mol. The summed E-state index contributed by atoms with van der Waals surface area (Å²) in [6.45, 7) is 10.9. The van der Waals surface area contributed by atoms with Crippen LogP contribution < -0.4 is 14.8 Å². The minimum absolute atomic E-state index is 0.0284.